The van der Waals surface area contributed by atoms with E-state index >= 15 is 0 Å². The van der Waals surface area contributed by atoms with Crippen LogP contribution >= 0.6 is 0 Å². The van der Waals surface area contributed by atoms with Gasteiger partial charge in [0.05, 0.1) is 18.2 Å². The van der Waals surface area contributed by atoms with Crippen molar-refractivity contribution in [1.82, 2.24) is 20.1 Å². The molecular formula is C20H31N5O4. The molecular weight excluding hydrogens is 374 g/mol. The molecule has 2 fully saturated rings. The SMILES string of the molecule is COC[C@@H](C)N1CCN(C(=O)Oc2ccc(C(N)=O)cn2)C(C2CCNCC2)C1. The van der Waals surface area contributed by atoms with Gasteiger partial charge in [-0.3, -0.25) is 9.69 Å². The molecule has 2 aliphatic heterocycles. The van der Waals surface area contributed by atoms with E-state index in [0.717, 1.165) is 39.0 Å². The first-order valence-corrected chi connectivity index (χ1v) is 10.2. The van der Waals surface area contributed by atoms with E-state index in [0.29, 0.717) is 25.1 Å². The zero-order chi connectivity index (χ0) is 20.8. The van der Waals surface area contributed by atoms with Crippen molar-refractivity contribution in [2.24, 2.45) is 11.7 Å². The highest BCUT2D eigenvalue weighted by Gasteiger charge is 2.38. The number of nitrogens with zero attached hydrogens (tertiary/aromatic N) is 3. The summed E-state index contributed by atoms with van der Waals surface area (Å²) < 4.78 is 10.8. The third-order valence-electron chi connectivity index (χ3n) is 5.86. The summed E-state index contributed by atoms with van der Waals surface area (Å²) in [5, 5.41) is 3.39. The lowest BCUT2D eigenvalue weighted by atomic mass is 9.87. The molecule has 29 heavy (non-hydrogen) atoms. The molecule has 0 aromatic carbocycles. The van der Waals surface area contributed by atoms with Crippen LogP contribution in [0.1, 0.15) is 30.1 Å². The van der Waals surface area contributed by atoms with Crippen LogP contribution in [-0.4, -0.2) is 85.3 Å². The van der Waals surface area contributed by atoms with Gasteiger partial charge in [-0.1, -0.05) is 0 Å². The summed E-state index contributed by atoms with van der Waals surface area (Å²) in [7, 11) is 1.71. The maximum atomic E-state index is 13.0. The molecule has 2 saturated heterocycles. The quantitative estimate of drug-likeness (QED) is 0.717. The maximum absolute atomic E-state index is 13.0. The van der Waals surface area contributed by atoms with E-state index in [-0.39, 0.29) is 17.5 Å². The third-order valence-corrected chi connectivity index (χ3v) is 5.86. The van der Waals surface area contributed by atoms with Gasteiger partial charge in [0.1, 0.15) is 0 Å². The fourth-order valence-corrected chi connectivity index (χ4v) is 4.17. The fraction of sp³-hybridized carbons (Fsp3) is 0.650. The van der Waals surface area contributed by atoms with Crippen LogP contribution in [0.4, 0.5) is 4.79 Å². The van der Waals surface area contributed by atoms with Crippen LogP contribution in [0.3, 0.4) is 0 Å². The number of carbonyl (C=O) groups is 2. The number of ether oxygens (including phenoxy) is 2. The van der Waals surface area contributed by atoms with Gasteiger partial charge in [-0.25, -0.2) is 9.78 Å². The number of amides is 2. The van der Waals surface area contributed by atoms with E-state index in [1.54, 1.807) is 7.11 Å². The zero-order valence-corrected chi connectivity index (χ0v) is 17.2. The monoisotopic (exact) mass is 405 g/mol. The first kappa shape index (κ1) is 21.5. The van der Waals surface area contributed by atoms with E-state index in [1.165, 1.54) is 18.3 Å². The topological polar surface area (TPSA) is 110 Å². The average Bonchev–Trinajstić information content (AvgIpc) is 2.74. The molecule has 9 nitrogen and oxygen atoms in total. The van der Waals surface area contributed by atoms with Crippen LogP contribution in [0.2, 0.25) is 0 Å². The summed E-state index contributed by atoms with van der Waals surface area (Å²) >= 11 is 0. The van der Waals surface area contributed by atoms with Crippen molar-refractivity contribution in [2.75, 3.05) is 46.4 Å². The first-order chi connectivity index (χ1) is 14.0. The number of nitrogens with two attached hydrogens (primary N) is 1. The third kappa shape index (κ3) is 5.43. The highest BCUT2D eigenvalue weighted by molar-refractivity contribution is 5.92. The Hall–Kier alpha value is -2.23. The molecule has 0 bridgehead atoms. The van der Waals surface area contributed by atoms with Gasteiger partial charge in [-0.2, -0.15) is 0 Å². The molecule has 1 aromatic heterocycles. The molecule has 3 rings (SSSR count). The molecule has 9 heteroatoms. The number of piperazine rings is 1. The minimum absolute atomic E-state index is 0.0857. The van der Waals surface area contributed by atoms with Crippen molar-refractivity contribution < 1.29 is 19.1 Å². The van der Waals surface area contributed by atoms with E-state index in [2.05, 4.69) is 22.1 Å². The number of hydrogen-bond acceptors (Lipinski definition) is 7. The van der Waals surface area contributed by atoms with Crippen LogP contribution in [0, 0.1) is 5.92 Å². The molecule has 0 radical (unpaired) electrons. The Bertz CT molecular complexity index is 693. The Balaban J connectivity index is 1.70. The molecule has 160 valence electrons. The molecule has 0 aliphatic carbocycles. The standard InChI is InChI=1S/C20H31N5O4/c1-14(13-28-2)24-9-10-25(17(12-24)15-5-7-22-8-6-15)20(27)29-18-4-3-16(11-23-18)19(21)26/h3-4,11,14-15,17,22H,5-10,12-13H2,1-2H3,(H2,21,26)/t14-,17?/m1/s1. The van der Waals surface area contributed by atoms with Crippen molar-refractivity contribution in [3.05, 3.63) is 23.9 Å². The van der Waals surface area contributed by atoms with Crippen molar-refractivity contribution in [3.8, 4) is 5.88 Å². The average molecular weight is 405 g/mol. The Labute approximate surface area is 171 Å². The number of nitrogens with one attached hydrogen (secondary N) is 1. The van der Waals surface area contributed by atoms with Crippen LogP contribution in [0.15, 0.2) is 18.3 Å². The van der Waals surface area contributed by atoms with Gasteiger partial charge in [0, 0.05) is 45.0 Å². The summed E-state index contributed by atoms with van der Waals surface area (Å²) in [6.45, 7) is 6.93. The second-order valence-electron chi connectivity index (χ2n) is 7.76. The number of pyridine rings is 1. The summed E-state index contributed by atoms with van der Waals surface area (Å²) in [4.78, 5) is 32.4. The number of rotatable bonds is 6. The Morgan fingerprint density at radius 2 is 2.07 bits per heavy atom. The van der Waals surface area contributed by atoms with Crippen LogP contribution in [0.25, 0.3) is 0 Å². The molecule has 0 spiro atoms. The Morgan fingerprint density at radius 1 is 1.31 bits per heavy atom. The van der Waals surface area contributed by atoms with Gasteiger partial charge in [-0.15, -0.1) is 0 Å². The van der Waals surface area contributed by atoms with Gasteiger partial charge >= 0.3 is 6.09 Å². The number of carbonyl (C=O) groups excluding carboxylic acids is 2. The predicted octanol–water partition coefficient (Wildman–Crippen LogP) is 0.700. The van der Waals surface area contributed by atoms with Crippen molar-refractivity contribution in [3.63, 3.8) is 0 Å². The smallest absolute Gasteiger partial charge is 0.391 e. The van der Waals surface area contributed by atoms with Crippen LogP contribution in [-0.2, 0) is 4.74 Å². The number of hydrogen-bond donors (Lipinski definition) is 2. The molecule has 1 aromatic rings. The molecule has 2 amide bonds. The van der Waals surface area contributed by atoms with Gasteiger partial charge in [-0.05, 0) is 44.8 Å². The van der Waals surface area contributed by atoms with Crippen molar-refractivity contribution in [2.45, 2.75) is 31.8 Å². The predicted molar refractivity (Wildman–Crippen MR) is 108 cm³/mol. The minimum atomic E-state index is -0.567. The van der Waals surface area contributed by atoms with E-state index in [9.17, 15) is 9.59 Å². The molecule has 2 atom stereocenters. The van der Waals surface area contributed by atoms with Crippen molar-refractivity contribution >= 4 is 12.0 Å². The van der Waals surface area contributed by atoms with E-state index in [4.69, 9.17) is 15.2 Å². The van der Waals surface area contributed by atoms with Gasteiger partial charge < -0.3 is 25.4 Å². The van der Waals surface area contributed by atoms with Gasteiger partial charge in [0.2, 0.25) is 11.8 Å². The second-order valence-corrected chi connectivity index (χ2v) is 7.76. The number of methoxy groups -OCH3 is 1. The minimum Gasteiger partial charge on any atom is -0.391 e. The molecule has 1 unspecified atom stereocenters. The van der Waals surface area contributed by atoms with Crippen LogP contribution in [0.5, 0.6) is 5.88 Å². The Morgan fingerprint density at radius 3 is 2.69 bits per heavy atom. The Kier molecular flexibility index (Phi) is 7.40. The van der Waals surface area contributed by atoms with Gasteiger partial charge in [0.25, 0.3) is 0 Å². The molecule has 2 aliphatic rings. The molecule has 3 N–H and O–H groups in total. The summed E-state index contributed by atoms with van der Waals surface area (Å²) in [5.74, 6) is 0.0217. The van der Waals surface area contributed by atoms with Gasteiger partial charge in [0.15, 0.2) is 0 Å². The lowest BCUT2D eigenvalue weighted by molar-refractivity contribution is 0.00724. The number of primary amides is 1. The lowest BCUT2D eigenvalue weighted by Crippen LogP contribution is -2.61. The summed E-state index contributed by atoms with van der Waals surface area (Å²) in [5.41, 5.74) is 5.50. The zero-order valence-electron chi connectivity index (χ0n) is 17.2. The van der Waals surface area contributed by atoms with Crippen LogP contribution < -0.4 is 15.8 Å². The van der Waals surface area contributed by atoms with Crippen molar-refractivity contribution in [1.29, 1.82) is 0 Å². The molecule has 0 saturated carbocycles. The first-order valence-electron chi connectivity index (χ1n) is 10.2. The highest BCUT2D eigenvalue weighted by atomic mass is 16.6. The second kappa shape index (κ2) is 10.00. The highest BCUT2D eigenvalue weighted by Crippen LogP contribution is 2.26. The van der Waals surface area contributed by atoms with E-state index < -0.39 is 12.0 Å². The normalized spacial score (nSPS) is 22.3. The summed E-state index contributed by atoms with van der Waals surface area (Å²) in [6.07, 6.45) is 2.99. The maximum Gasteiger partial charge on any atom is 0.416 e. The lowest BCUT2D eigenvalue weighted by Gasteiger charge is -2.46. The fourth-order valence-electron chi connectivity index (χ4n) is 4.17. The number of piperidine rings is 1. The van der Waals surface area contributed by atoms with E-state index in [1.807, 2.05) is 4.90 Å². The molecule has 3 heterocycles. The largest absolute Gasteiger partial charge is 0.416 e. The summed E-state index contributed by atoms with van der Waals surface area (Å²) in [6, 6.07) is 3.38. The number of aromatic nitrogens is 1.